The van der Waals surface area contributed by atoms with E-state index in [1.807, 2.05) is 25.1 Å². The van der Waals surface area contributed by atoms with Crippen molar-refractivity contribution in [2.24, 2.45) is 7.05 Å². The number of aromatic nitrogens is 7. The van der Waals surface area contributed by atoms with E-state index in [2.05, 4.69) is 25.5 Å². The molecule has 4 aromatic rings. The first-order chi connectivity index (χ1) is 14.6. The van der Waals surface area contributed by atoms with Crippen LogP contribution in [-0.2, 0) is 11.8 Å². The molecule has 0 amide bonds. The van der Waals surface area contributed by atoms with Crippen LogP contribution >= 0.6 is 0 Å². The maximum absolute atomic E-state index is 12.8. The van der Waals surface area contributed by atoms with Gasteiger partial charge in [0, 0.05) is 32.0 Å². The van der Waals surface area contributed by atoms with Gasteiger partial charge in [-0.15, -0.1) is 0 Å². The summed E-state index contributed by atoms with van der Waals surface area (Å²) in [6.45, 7) is 3.30. The lowest BCUT2D eigenvalue weighted by Gasteiger charge is -2.22. The zero-order valence-corrected chi connectivity index (χ0v) is 16.8. The minimum atomic E-state index is -0.0735. The summed E-state index contributed by atoms with van der Waals surface area (Å²) >= 11 is 0. The molecule has 0 saturated carbocycles. The van der Waals surface area contributed by atoms with E-state index in [4.69, 9.17) is 4.74 Å². The Hall–Kier alpha value is -3.53. The van der Waals surface area contributed by atoms with Crippen LogP contribution in [-0.4, -0.2) is 47.3 Å². The first-order valence-corrected chi connectivity index (χ1v) is 9.88. The maximum Gasteiger partial charge on any atom is 0.330 e. The summed E-state index contributed by atoms with van der Waals surface area (Å²) in [6, 6.07) is 5.94. The van der Waals surface area contributed by atoms with E-state index in [1.165, 1.54) is 0 Å². The minimum absolute atomic E-state index is 0.0735. The molecule has 10 nitrogen and oxygen atoms in total. The molecule has 0 spiro atoms. The van der Waals surface area contributed by atoms with E-state index in [1.54, 1.807) is 39.6 Å². The van der Waals surface area contributed by atoms with Crippen LogP contribution in [0.1, 0.15) is 24.4 Å². The van der Waals surface area contributed by atoms with Crippen molar-refractivity contribution in [1.82, 2.24) is 34.1 Å². The SMILES string of the molecule is Cc1cc(-n2nccn2)ccc1Nc1ncc2c(n1)n(C1CCOCC1)c(=O)n2C. The van der Waals surface area contributed by atoms with E-state index in [-0.39, 0.29) is 11.7 Å². The first kappa shape index (κ1) is 18.5. The molecule has 0 radical (unpaired) electrons. The number of nitrogens with zero attached hydrogens (tertiary/aromatic N) is 7. The maximum atomic E-state index is 12.8. The fourth-order valence-electron chi connectivity index (χ4n) is 3.85. The number of aryl methyl sites for hydroxylation is 2. The molecule has 1 saturated heterocycles. The van der Waals surface area contributed by atoms with E-state index in [9.17, 15) is 4.79 Å². The Morgan fingerprint density at radius 1 is 1.17 bits per heavy atom. The third-order valence-electron chi connectivity index (χ3n) is 5.49. The number of rotatable bonds is 4. The van der Waals surface area contributed by atoms with Crippen molar-refractivity contribution in [3.63, 3.8) is 0 Å². The van der Waals surface area contributed by atoms with Crippen molar-refractivity contribution < 1.29 is 4.74 Å². The Morgan fingerprint density at radius 3 is 2.67 bits per heavy atom. The largest absolute Gasteiger partial charge is 0.381 e. The smallest absolute Gasteiger partial charge is 0.330 e. The van der Waals surface area contributed by atoms with Crippen molar-refractivity contribution in [2.75, 3.05) is 18.5 Å². The van der Waals surface area contributed by atoms with Crippen LogP contribution in [0.25, 0.3) is 16.9 Å². The molecule has 1 aromatic carbocycles. The third kappa shape index (κ3) is 3.14. The lowest BCUT2D eigenvalue weighted by molar-refractivity contribution is 0.0695. The molecule has 0 atom stereocenters. The van der Waals surface area contributed by atoms with E-state index in [0.717, 1.165) is 29.8 Å². The van der Waals surface area contributed by atoms with Crippen LogP contribution in [0.5, 0.6) is 0 Å². The number of nitrogens with one attached hydrogen (secondary N) is 1. The number of imidazole rings is 1. The molecule has 5 rings (SSSR count). The fourth-order valence-corrected chi connectivity index (χ4v) is 3.85. The number of ether oxygens (including phenoxy) is 1. The Kier molecular flexibility index (Phi) is 4.55. The highest BCUT2D eigenvalue weighted by Gasteiger charge is 2.23. The molecule has 10 heteroatoms. The molecular weight excluding hydrogens is 384 g/mol. The van der Waals surface area contributed by atoms with Gasteiger partial charge in [-0.3, -0.25) is 9.13 Å². The van der Waals surface area contributed by atoms with Gasteiger partial charge in [0.1, 0.15) is 5.52 Å². The second-order valence-electron chi connectivity index (χ2n) is 7.40. The van der Waals surface area contributed by atoms with Crippen molar-refractivity contribution in [1.29, 1.82) is 0 Å². The topological polar surface area (TPSA) is 105 Å². The van der Waals surface area contributed by atoms with Gasteiger partial charge in [0.25, 0.3) is 0 Å². The molecule has 154 valence electrons. The summed E-state index contributed by atoms with van der Waals surface area (Å²) in [4.78, 5) is 23.5. The predicted molar refractivity (Wildman–Crippen MR) is 111 cm³/mol. The Balaban J connectivity index is 1.50. The van der Waals surface area contributed by atoms with Crippen LogP contribution < -0.4 is 11.0 Å². The van der Waals surface area contributed by atoms with Gasteiger partial charge in [-0.05, 0) is 43.5 Å². The van der Waals surface area contributed by atoms with Crippen LogP contribution in [0.15, 0.2) is 41.6 Å². The lowest BCUT2D eigenvalue weighted by atomic mass is 10.1. The normalized spacial score (nSPS) is 15.0. The average Bonchev–Trinajstić information content (AvgIpc) is 3.38. The van der Waals surface area contributed by atoms with Crippen LogP contribution in [0.2, 0.25) is 0 Å². The lowest BCUT2D eigenvalue weighted by Crippen LogP contribution is -2.30. The quantitative estimate of drug-likeness (QED) is 0.553. The molecule has 30 heavy (non-hydrogen) atoms. The summed E-state index contributed by atoms with van der Waals surface area (Å²) in [6.07, 6.45) is 6.58. The van der Waals surface area contributed by atoms with Gasteiger partial charge in [-0.1, -0.05) is 0 Å². The van der Waals surface area contributed by atoms with Gasteiger partial charge < -0.3 is 10.1 Å². The van der Waals surface area contributed by atoms with Crippen molar-refractivity contribution in [3.8, 4) is 5.69 Å². The molecular formula is C20H22N8O2. The monoisotopic (exact) mass is 406 g/mol. The number of hydrogen-bond acceptors (Lipinski definition) is 7. The molecule has 0 aliphatic carbocycles. The zero-order chi connectivity index (χ0) is 20.7. The van der Waals surface area contributed by atoms with Gasteiger partial charge in [0.2, 0.25) is 5.95 Å². The predicted octanol–water partition coefficient (Wildman–Crippen LogP) is 2.11. The minimum Gasteiger partial charge on any atom is -0.381 e. The summed E-state index contributed by atoms with van der Waals surface area (Å²) in [5.74, 6) is 0.446. The van der Waals surface area contributed by atoms with Crippen molar-refractivity contribution in [2.45, 2.75) is 25.8 Å². The van der Waals surface area contributed by atoms with Crippen LogP contribution in [0, 0.1) is 6.92 Å². The Morgan fingerprint density at radius 2 is 1.93 bits per heavy atom. The summed E-state index contributed by atoms with van der Waals surface area (Å²) in [7, 11) is 1.75. The van der Waals surface area contributed by atoms with Gasteiger partial charge >= 0.3 is 5.69 Å². The third-order valence-corrected chi connectivity index (χ3v) is 5.49. The highest BCUT2D eigenvalue weighted by atomic mass is 16.5. The summed E-state index contributed by atoms with van der Waals surface area (Å²) in [5.41, 5.74) is 4.03. The molecule has 1 aliphatic heterocycles. The van der Waals surface area contributed by atoms with Crippen molar-refractivity contribution in [3.05, 3.63) is 52.8 Å². The van der Waals surface area contributed by atoms with Gasteiger partial charge in [-0.2, -0.15) is 20.0 Å². The second-order valence-corrected chi connectivity index (χ2v) is 7.40. The summed E-state index contributed by atoms with van der Waals surface area (Å²) in [5, 5.41) is 11.6. The average molecular weight is 406 g/mol. The van der Waals surface area contributed by atoms with Gasteiger partial charge in [0.05, 0.1) is 24.3 Å². The number of fused-ring (bicyclic) bond motifs is 1. The number of hydrogen-bond donors (Lipinski definition) is 1. The molecule has 1 aliphatic rings. The molecule has 1 N–H and O–H groups in total. The number of benzene rings is 1. The standard InChI is InChI=1S/C20H22N8O2/c1-13-11-15(28-22-7-8-23-28)3-4-16(13)24-19-21-12-17-18(25-19)27(20(29)26(17)2)14-5-9-30-10-6-14/h3-4,7-8,11-12,14H,5-6,9-10H2,1-2H3,(H,21,24,25). The summed E-state index contributed by atoms with van der Waals surface area (Å²) < 4.78 is 8.84. The highest BCUT2D eigenvalue weighted by molar-refractivity contribution is 5.73. The molecule has 0 unspecified atom stereocenters. The number of anilines is 2. The Bertz CT molecular complexity index is 1250. The van der Waals surface area contributed by atoms with Crippen LogP contribution in [0.4, 0.5) is 11.6 Å². The molecule has 3 aromatic heterocycles. The van der Waals surface area contributed by atoms with Crippen molar-refractivity contribution >= 4 is 22.8 Å². The van der Waals surface area contributed by atoms with Crippen LogP contribution in [0.3, 0.4) is 0 Å². The second kappa shape index (κ2) is 7.38. The molecule has 0 bridgehead atoms. The first-order valence-electron chi connectivity index (χ1n) is 9.88. The molecule has 1 fully saturated rings. The van der Waals surface area contributed by atoms with E-state index >= 15 is 0 Å². The van der Waals surface area contributed by atoms with Gasteiger partial charge in [-0.25, -0.2) is 9.78 Å². The fraction of sp³-hybridized carbons (Fsp3) is 0.350. The Labute approximate surface area is 172 Å². The zero-order valence-electron chi connectivity index (χ0n) is 16.8. The highest BCUT2D eigenvalue weighted by Crippen LogP contribution is 2.25. The van der Waals surface area contributed by atoms with E-state index < -0.39 is 0 Å². The van der Waals surface area contributed by atoms with E-state index in [0.29, 0.717) is 30.3 Å². The van der Waals surface area contributed by atoms with Gasteiger partial charge in [0.15, 0.2) is 5.65 Å². The molecule has 4 heterocycles.